The molecule has 0 atom stereocenters. The highest BCUT2D eigenvalue weighted by molar-refractivity contribution is 6.03. The largest absolute Gasteiger partial charge is 0.0912 e. The van der Waals surface area contributed by atoms with Crippen LogP contribution in [0.15, 0.2) is 125 Å². The number of allylic oxidation sites excluding steroid dienone is 10. The average molecular weight is 729 g/mol. The first kappa shape index (κ1) is 41.7. The monoisotopic (exact) mass is 729 g/mol. The molecule has 0 fully saturated rings. The molecule has 55 heavy (non-hydrogen) atoms. The Morgan fingerprint density at radius 2 is 1.15 bits per heavy atom. The summed E-state index contributed by atoms with van der Waals surface area (Å²) in [5, 5.41) is 4.95. The Morgan fingerprint density at radius 3 is 1.62 bits per heavy atom. The van der Waals surface area contributed by atoms with Crippen molar-refractivity contribution < 1.29 is 0 Å². The maximum absolute atomic E-state index is 4.68. The summed E-state index contributed by atoms with van der Waals surface area (Å²) in [7, 11) is 0. The van der Waals surface area contributed by atoms with E-state index in [-0.39, 0.29) is 21.7 Å². The summed E-state index contributed by atoms with van der Waals surface area (Å²) in [5.74, 6) is 0. The minimum absolute atomic E-state index is 0.0594. The number of rotatable bonds is 6. The number of fused-ring (bicyclic) bond motifs is 1. The molecule has 0 heteroatoms. The first-order chi connectivity index (χ1) is 25.5. The van der Waals surface area contributed by atoms with Crippen LogP contribution in [0.4, 0.5) is 0 Å². The third kappa shape index (κ3) is 9.35. The molecule has 0 N–H and O–H groups in total. The minimum Gasteiger partial charge on any atom is -0.0912 e. The fourth-order valence-corrected chi connectivity index (χ4v) is 7.84. The van der Waals surface area contributed by atoms with Crippen molar-refractivity contribution in [2.24, 2.45) is 10.8 Å². The molecular formula is C55H68. The first-order valence-corrected chi connectivity index (χ1v) is 20.4. The van der Waals surface area contributed by atoms with Crippen molar-refractivity contribution in [2.45, 2.75) is 128 Å². The molecule has 1 aliphatic rings. The van der Waals surface area contributed by atoms with Gasteiger partial charge in [-0.05, 0) is 133 Å². The lowest BCUT2D eigenvalue weighted by atomic mass is 9.72. The van der Waals surface area contributed by atoms with Crippen LogP contribution in [0.2, 0.25) is 0 Å². The zero-order valence-electron chi connectivity index (χ0n) is 36.9. The number of hydrogen-bond acceptors (Lipinski definition) is 0. The van der Waals surface area contributed by atoms with Crippen LogP contribution in [0, 0.1) is 17.8 Å². The fourth-order valence-electron chi connectivity index (χ4n) is 7.84. The molecule has 0 saturated carbocycles. The maximum atomic E-state index is 4.68. The Labute approximate surface area is 334 Å². The molecule has 4 aromatic carbocycles. The second-order valence-electron chi connectivity index (χ2n) is 20.1. The van der Waals surface area contributed by atoms with Crippen molar-refractivity contribution in [3.63, 3.8) is 0 Å². The van der Waals surface area contributed by atoms with Crippen molar-refractivity contribution in [2.75, 3.05) is 0 Å². The molecule has 288 valence electrons. The van der Waals surface area contributed by atoms with E-state index in [1.54, 1.807) is 0 Å². The summed E-state index contributed by atoms with van der Waals surface area (Å²) in [6, 6.07) is 27.9. The summed E-state index contributed by atoms with van der Waals surface area (Å²) in [6.45, 7) is 39.2. The lowest BCUT2D eigenvalue weighted by Crippen LogP contribution is -2.33. The van der Waals surface area contributed by atoms with Crippen molar-refractivity contribution in [1.82, 2.24) is 0 Å². The van der Waals surface area contributed by atoms with Gasteiger partial charge in [0.25, 0.3) is 0 Å². The second kappa shape index (κ2) is 15.6. The van der Waals surface area contributed by atoms with Crippen LogP contribution in [0.1, 0.15) is 143 Å². The van der Waals surface area contributed by atoms with Gasteiger partial charge in [0.1, 0.15) is 0 Å². The highest BCUT2D eigenvalue weighted by atomic mass is 14.3. The summed E-state index contributed by atoms with van der Waals surface area (Å²) >= 11 is 0. The lowest BCUT2D eigenvalue weighted by Gasteiger charge is -2.33. The molecular weight excluding hydrogens is 661 g/mol. The normalized spacial score (nSPS) is 14.7. The predicted molar refractivity (Wildman–Crippen MR) is 245 cm³/mol. The predicted octanol–water partition coefficient (Wildman–Crippen LogP) is 14.4. The van der Waals surface area contributed by atoms with E-state index in [2.05, 4.69) is 214 Å². The zero-order valence-corrected chi connectivity index (χ0v) is 36.9. The van der Waals surface area contributed by atoms with Crippen LogP contribution in [0.3, 0.4) is 0 Å². The lowest BCUT2D eigenvalue weighted by molar-refractivity contribution is 0.447. The zero-order chi connectivity index (χ0) is 40.7. The molecule has 0 radical (unpaired) electrons. The minimum atomic E-state index is -0.0594. The van der Waals surface area contributed by atoms with E-state index in [0.29, 0.717) is 0 Å². The van der Waals surface area contributed by atoms with Gasteiger partial charge in [0.05, 0.1) is 0 Å². The van der Waals surface area contributed by atoms with Gasteiger partial charge in [-0.2, -0.15) is 0 Å². The summed E-state index contributed by atoms with van der Waals surface area (Å²) in [5.41, 5.74) is 15.9. The summed E-state index contributed by atoms with van der Waals surface area (Å²) in [6.07, 6.45) is 13.7. The average Bonchev–Trinajstić information content (AvgIpc) is 3.09. The Balaban J connectivity index is 1.95. The topological polar surface area (TPSA) is 0 Å². The van der Waals surface area contributed by atoms with Crippen LogP contribution in [0.25, 0.3) is 28.5 Å². The van der Waals surface area contributed by atoms with E-state index in [1.165, 1.54) is 82.8 Å². The van der Waals surface area contributed by atoms with Gasteiger partial charge < -0.3 is 0 Å². The number of aryl methyl sites for hydroxylation is 1. The highest BCUT2D eigenvalue weighted by Gasteiger charge is 2.28. The van der Waals surface area contributed by atoms with Crippen molar-refractivity contribution >= 4 is 28.5 Å². The molecule has 0 unspecified atom stereocenters. The fraction of sp³-hybridized carbons (Fsp3) is 0.382. The van der Waals surface area contributed by atoms with Gasteiger partial charge in [-0.3, -0.25) is 0 Å². The molecule has 0 aromatic heterocycles. The molecule has 0 amide bonds. The Hall–Kier alpha value is -4.42. The number of hydrogen-bond donors (Lipinski definition) is 0. The van der Waals surface area contributed by atoms with E-state index in [0.717, 1.165) is 18.1 Å². The smallest absolute Gasteiger partial charge is 0.00324 e. The van der Waals surface area contributed by atoms with E-state index < -0.39 is 0 Å². The van der Waals surface area contributed by atoms with Gasteiger partial charge in [-0.15, -0.1) is 0 Å². The standard InChI is InChI=1S/C55H68/c1-17-36(2)21-20-24-44(40-31-42(52(5,6)7)35-43(32-40)53(8,9)10)47-29-30-48(46-23-19-18-22-45(46)47)51(39-27-25-37(3)26-28-39)41-33-49(54(11,12)13)38(4)50(34-41)55(14,15)16/h17-23,25-34H,4,24,35H2,1-3,5-16H3/b21-20-,36-17-. The molecule has 0 aliphatic heterocycles. The van der Waals surface area contributed by atoms with Gasteiger partial charge >= 0.3 is 0 Å². The third-order valence-corrected chi connectivity index (χ3v) is 11.5. The van der Waals surface area contributed by atoms with Crippen molar-refractivity contribution in [3.05, 3.63) is 169 Å². The van der Waals surface area contributed by atoms with Gasteiger partial charge in [-0.1, -0.05) is 203 Å². The van der Waals surface area contributed by atoms with E-state index in [9.17, 15) is 0 Å². The molecule has 1 aliphatic carbocycles. The Morgan fingerprint density at radius 1 is 0.655 bits per heavy atom. The molecule has 0 heterocycles. The van der Waals surface area contributed by atoms with Crippen molar-refractivity contribution in [3.8, 4) is 0 Å². The van der Waals surface area contributed by atoms with Gasteiger partial charge in [0.2, 0.25) is 0 Å². The van der Waals surface area contributed by atoms with Crippen LogP contribution in [0.5, 0.6) is 0 Å². The van der Waals surface area contributed by atoms with Gasteiger partial charge in [0.15, 0.2) is 0 Å². The van der Waals surface area contributed by atoms with Crippen LogP contribution < -0.4 is 10.4 Å². The quantitative estimate of drug-likeness (QED) is 0.173. The third-order valence-electron chi connectivity index (χ3n) is 11.5. The van der Waals surface area contributed by atoms with Gasteiger partial charge in [-0.25, -0.2) is 0 Å². The van der Waals surface area contributed by atoms with E-state index in [4.69, 9.17) is 0 Å². The van der Waals surface area contributed by atoms with Crippen LogP contribution >= 0.6 is 0 Å². The molecule has 0 saturated heterocycles. The molecule has 4 aromatic rings. The second-order valence-corrected chi connectivity index (χ2v) is 20.1. The number of benzene rings is 4. The van der Waals surface area contributed by atoms with Crippen LogP contribution in [-0.4, -0.2) is 0 Å². The molecule has 0 bridgehead atoms. The Bertz CT molecular complexity index is 2270. The molecule has 5 rings (SSSR count). The Kier molecular flexibility index (Phi) is 11.8. The van der Waals surface area contributed by atoms with Crippen molar-refractivity contribution in [1.29, 1.82) is 0 Å². The van der Waals surface area contributed by atoms with Crippen LogP contribution in [-0.2, 0) is 10.8 Å². The molecule has 0 spiro atoms. The van der Waals surface area contributed by atoms with Gasteiger partial charge in [0, 0.05) is 0 Å². The SMILES string of the molecule is C=c1c(C(C)(C)C)cc(=C(c2ccc(C)cc2)c2ccc(C(C/C=C\C(C)=C/C)=C3C=C(C(C)(C)C)CC(C(C)(C)C)=C3)c3ccccc23)cc1C(C)(C)C. The molecule has 0 nitrogen and oxygen atoms in total. The first-order valence-electron chi connectivity index (χ1n) is 20.4. The summed E-state index contributed by atoms with van der Waals surface area (Å²) < 4.78 is 0. The van der Waals surface area contributed by atoms with E-state index >= 15 is 0 Å². The highest BCUT2D eigenvalue weighted by Crippen LogP contribution is 2.44. The summed E-state index contributed by atoms with van der Waals surface area (Å²) in [4.78, 5) is 0. The maximum Gasteiger partial charge on any atom is -0.00324 e. The van der Waals surface area contributed by atoms with E-state index in [1.807, 2.05) is 0 Å².